The zero-order valence-electron chi connectivity index (χ0n) is 24.1. The molecule has 0 radical (unpaired) electrons. The number of hydrogen-bond acceptors (Lipinski definition) is 5. The van der Waals surface area contributed by atoms with Gasteiger partial charge < -0.3 is 4.42 Å². The Bertz CT molecular complexity index is 2540. The summed E-state index contributed by atoms with van der Waals surface area (Å²) in [6.45, 7) is 0. The lowest BCUT2D eigenvalue weighted by Gasteiger charge is -2.11. The van der Waals surface area contributed by atoms with Crippen molar-refractivity contribution < 1.29 is 4.42 Å². The molecule has 45 heavy (non-hydrogen) atoms. The van der Waals surface area contributed by atoms with Crippen molar-refractivity contribution in [1.29, 1.82) is 0 Å². The van der Waals surface area contributed by atoms with Gasteiger partial charge in [-0.05, 0) is 35.7 Å². The first kappa shape index (κ1) is 25.3. The summed E-state index contributed by atoms with van der Waals surface area (Å²) in [5.74, 6) is 0.646. The SMILES string of the molecule is c1ccc(-c2nc(-c3ccc(-c4cccc(-c5nc6ccccc6c6ccccc56)n4)cc3)nc3c2oc2ccccc23)cc1. The minimum Gasteiger partial charge on any atom is -0.452 e. The second-order valence-corrected chi connectivity index (χ2v) is 11.0. The Kier molecular flexibility index (Phi) is 5.74. The fourth-order valence-electron chi connectivity index (χ4n) is 6.13. The molecule has 4 aromatic heterocycles. The van der Waals surface area contributed by atoms with E-state index in [9.17, 15) is 0 Å². The lowest BCUT2D eigenvalue weighted by atomic mass is 10.0. The molecule has 0 saturated heterocycles. The van der Waals surface area contributed by atoms with E-state index in [0.29, 0.717) is 11.4 Å². The predicted octanol–water partition coefficient (Wildman–Crippen LogP) is 10.1. The molecule has 4 heterocycles. The van der Waals surface area contributed by atoms with Gasteiger partial charge in [0.25, 0.3) is 0 Å². The molecule has 5 heteroatoms. The van der Waals surface area contributed by atoms with Crippen molar-refractivity contribution in [2.75, 3.05) is 0 Å². The molecule has 9 rings (SSSR count). The van der Waals surface area contributed by atoms with E-state index in [-0.39, 0.29) is 0 Å². The smallest absolute Gasteiger partial charge is 0.180 e. The Hall–Kier alpha value is -6.20. The molecule has 0 amide bonds. The largest absolute Gasteiger partial charge is 0.452 e. The molecule has 0 unspecified atom stereocenters. The number of rotatable bonds is 4. The summed E-state index contributed by atoms with van der Waals surface area (Å²) in [4.78, 5) is 20.2. The Morgan fingerprint density at radius 1 is 0.378 bits per heavy atom. The van der Waals surface area contributed by atoms with Gasteiger partial charge in [0.15, 0.2) is 11.4 Å². The third-order valence-corrected chi connectivity index (χ3v) is 8.31. The van der Waals surface area contributed by atoms with Crippen LogP contribution in [-0.4, -0.2) is 19.9 Å². The van der Waals surface area contributed by atoms with Crippen molar-refractivity contribution >= 4 is 43.7 Å². The first-order valence-electron chi connectivity index (χ1n) is 14.9. The molecule has 0 N–H and O–H groups in total. The highest BCUT2D eigenvalue weighted by Gasteiger charge is 2.18. The highest BCUT2D eigenvalue weighted by Crippen LogP contribution is 2.36. The average molecular weight is 577 g/mol. The van der Waals surface area contributed by atoms with E-state index < -0.39 is 0 Å². The first-order valence-corrected chi connectivity index (χ1v) is 14.9. The van der Waals surface area contributed by atoms with Gasteiger partial charge in [-0.25, -0.2) is 19.9 Å². The fraction of sp³-hybridized carbons (Fsp3) is 0. The molecule has 0 aliphatic carbocycles. The van der Waals surface area contributed by atoms with E-state index in [1.165, 1.54) is 5.39 Å². The molecular formula is C40H24N4O. The van der Waals surface area contributed by atoms with Crippen molar-refractivity contribution in [2.24, 2.45) is 0 Å². The van der Waals surface area contributed by atoms with Crippen LogP contribution in [0.15, 0.2) is 150 Å². The molecule has 0 atom stereocenters. The Morgan fingerprint density at radius 3 is 1.89 bits per heavy atom. The Labute approximate surface area is 258 Å². The summed E-state index contributed by atoms with van der Waals surface area (Å²) >= 11 is 0. The van der Waals surface area contributed by atoms with Gasteiger partial charge in [0, 0.05) is 32.8 Å². The molecule has 0 saturated carbocycles. The van der Waals surface area contributed by atoms with Gasteiger partial charge in [0.1, 0.15) is 16.8 Å². The molecule has 0 bridgehead atoms. The third kappa shape index (κ3) is 4.25. The summed E-state index contributed by atoms with van der Waals surface area (Å²) in [6.07, 6.45) is 0. The van der Waals surface area contributed by atoms with Crippen molar-refractivity contribution in [2.45, 2.75) is 0 Å². The van der Waals surface area contributed by atoms with E-state index in [4.69, 9.17) is 24.4 Å². The predicted molar refractivity (Wildman–Crippen MR) is 182 cm³/mol. The van der Waals surface area contributed by atoms with E-state index in [2.05, 4.69) is 66.7 Å². The molecule has 0 fully saturated rings. The van der Waals surface area contributed by atoms with Crippen LogP contribution in [0.1, 0.15) is 0 Å². The first-order chi connectivity index (χ1) is 22.3. The van der Waals surface area contributed by atoms with Crippen molar-refractivity contribution in [1.82, 2.24) is 19.9 Å². The molecular weight excluding hydrogens is 552 g/mol. The molecule has 0 aliphatic heterocycles. The number of para-hydroxylation sites is 2. The van der Waals surface area contributed by atoms with Gasteiger partial charge in [-0.15, -0.1) is 0 Å². The minimum atomic E-state index is 0.646. The highest BCUT2D eigenvalue weighted by atomic mass is 16.3. The molecule has 9 aromatic rings. The molecule has 0 spiro atoms. The summed E-state index contributed by atoms with van der Waals surface area (Å²) in [5.41, 5.74) is 9.54. The fourth-order valence-corrected chi connectivity index (χ4v) is 6.13. The maximum Gasteiger partial charge on any atom is 0.180 e. The second-order valence-electron chi connectivity index (χ2n) is 11.0. The van der Waals surface area contributed by atoms with Gasteiger partial charge in [0.05, 0.1) is 22.6 Å². The average Bonchev–Trinajstić information content (AvgIpc) is 3.50. The summed E-state index contributed by atoms with van der Waals surface area (Å²) in [7, 11) is 0. The zero-order valence-corrected chi connectivity index (χ0v) is 24.1. The maximum atomic E-state index is 6.27. The molecule has 5 aromatic carbocycles. The van der Waals surface area contributed by atoms with Crippen LogP contribution in [0.2, 0.25) is 0 Å². The van der Waals surface area contributed by atoms with Gasteiger partial charge in [-0.2, -0.15) is 0 Å². The van der Waals surface area contributed by atoms with Crippen LogP contribution in [0.5, 0.6) is 0 Å². The van der Waals surface area contributed by atoms with E-state index in [1.807, 2.05) is 78.9 Å². The Balaban J connectivity index is 1.14. The van der Waals surface area contributed by atoms with Crippen LogP contribution in [-0.2, 0) is 0 Å². The lowest BCUT2D eigenvalue weighted by Crippen LogP contribution is -1.95. The van der Waals surface area contributed by atoms with E-state index in [0.717, 1.165) is 72.2 Å². The molecule has 0 aliphatic rings. The van der Waals surface area contributed by atoms with Crippen molar-refractivity contribution in [3.63, 3.8) is 0 Å². The monoisotopic (exact) mass is 576 g/mol. The molecule has 5 nitrogen and oxygen atoms in total. The minimum absolute atomic E-state index is 0.646. The summed E-state index contributed by atoms with van der Waals surface area (Å²) in [6, 6.07) is 49.2. The van der Waals surface area contributed by atoms with Gasteiger partial charge in [-0.1, -0.05) is 115 Å². The number of fused-ring (bicyclic) bond motifs is 6. The van der Waals surface area contributed by atoms with Gasteiger partial charge in [-0.3, -0.25) is 0 Å². The van der Waals surface area contributed by atoms with E-state index >= 15 is 0 Å². The van der Waals surface area contributed by atoms with Gasteiger partial charge in [0.2, 0.25) is 0 Å². The van der Waals surface area contributed by atoms with E-state index in [1.54, 1.807) is 0 Å². The van der Waals surface area contributed by atoms with Crippen LogP contribution in [0.4, 0.5) is 0 Å². The zero-order chi connectivity index (χ0) is 29.7. The number of hydrogen-bond donors (Lipinski definition) is 0. The number of aromatic nitrogens is 4. The second kappa shape index (κ2) is 10.2. The van der Waals surface area contributed by atoms with Crippen LogP contribution >= 0.6 is 0 Å². The van der Waals surface area contributed by atoms with Crippen LogP contribution in [0.25, 0.3) is 89.0 Å². The van der Waals surface area contributed by atoms with Crippen molar-refractivity contribution in [3.8, 4) is 45.3 Å². The number of furan rings is 1. The van der Waals surface area contributed by atoms with Crippen molar-refractivity contribution in [3.05, 3.63) is 146 Å². The number of benzene rings is 5. The number of pyridine rings is 2. The highest BCUT2D eigenvalue weighted by molar-refractivity contribution is 6.10. The maximum absolute atomic E-state index is 6.27. The quantitative estimate of drug-likeness (QED) is 0.195. The standard InChI is InChI=1S/C40H24N4O/c1-2-11-26(12-3-1)36-39-38(31-16-7-9-20-35(31)45-39)44-40(43-36)27-23-21-25(22-24-27)32-18-10-19-34(41-32)37-30-15-5-4-13-28(30)29-14-6-8-17-33(29)42-37/h1-24H. The number of nitrogens with zero attached hydrogens (tertiary/aromatic N) is 4. The summed E-state index contributed by atoms with van der Waals surface area (Å²) in [5, 5.41) is 4.38. The summed E-state index contributed by atoms with van der Waals surface area (Å²) < 4.78 is 6.27. The third-order valence-electron chi connectivity index (χ3n) is 8.31. The molecule has 210 valence electrons. The van der Waals surface area contributed by atoms with Crippen LogP contribution < -0.4 is 0 Å². The van der Waals surface area contributed by atoms with Crippen LogP contribution in [0, 0.1) is 0 Å². The lowest BCUT2D eigenvalue weighted by molar-refractivity contribution is 0.667. The normalized spacial score (nSPS) is 11.6. The van der Waals surface area contributed by atoms with Gasteiger partial charge >= 0.3 is 0 Å². The topological polar surface area (TPSA) is 64.7 Å². The Morgan fingerprint density at radius 2 is 1.04 bits per heavy atom. The van der Waals surface area contributed by atoms with Crippen LogP contribution in [0.3, 0.4) is 0 Å².